The van der Waals surface area contributed by atoms with Crippen LogP contribution in [0.1, 0.15) is 0 Å². The van der Waals surface area contributed by atoms with Crippen LogP contribution in [0, 0.1) is 0 Å². The minimum Gasteiger partial charge on any atom is -0.497 e. The Labute approximate surface area is 150 Å². The molecule has 0 fully saturated rings. The van der Waals surface area contributed by atoms with E-state index in [1.54, 1.807) is 18.4 Å². The summed E-state index contributed by atoms with van der Waals surface area (Å²) >= 11 is 1.63. The molecule has 0 atom stereocenters. The van der Waals surface area contributed by atoms with E-state index in [4.69, 9.17) is 9.72 Å². The molecule has 4 rings (SSSR count). The number of benzene rings is 2. The monoisotopic (exact) mass is 344 g/mol. The average Bonchev–Trinajstić information content (AvgIpc) is 3.19. The summed E-state index contributed by atoms with van der Waals surface area (Å²) in [6.45, 7) is 0. The molecule has 4 heteroatoms. The SMILES string of the molecule is COc1ccc(-c2csc(-c3cnccc3-c3ccccc3)n2)cc1. The highest BCUT2D eigenvalue weighted by molar-refractivity contribution is 7.13. The van der Waals surface area contributed by atoms with Crippen LogP contribution in [0.4, 0.5) is 0 Å². The number of hydrogen-bond acceptors (Lipinski definition) is 4. The fraction of sp³-hybridized carbons (Fsp3) is 0.0476. The summed E-state index contributed by atoms with van der Waals surface area (Å²) in [7, 11) is 1.67. The predicted octanol–water partition coefficient (Wildman–Crippen LogP) is 5.55. The van der Waals surface area contributed by atoms with E-state index in [0.29, 0.717) is 0 Å². The number of hydrogen-bond donors (Lipinski definition) is 0. The third-order valence-electron chi connectivity index (χ3n) is 4.03. The molecule has 0 aliphatic carbocycles. The zero-order valence-electron chi connectivity index (χ0n) is 13.7. The maximum absolute atomic E-state index is 5.22. The number of aromatic nitrogens is 2. The molecule has 4 aromatic rings. The van der Waals surface area contributed by atoms with Crippen LogP contribution >= 0.6 is 11.3 Å². The molecule has 0 saturated carbocycles. The van der Waals surface area contributed by atoms with E-state index in [2.05, 4.69) is 22.5 Å². The number of nitrogens with zero attached hydrogens (tertiary/aromatic N) is 2. The van der Waals surface area contributed by atoms with Gasteiger partial charge in [0.25, 0.3) is 0 Å². The van der Waals surface area contributed by atoms with Gasteiger partial charge in [0.2, 0.25) is 0 Å². The lowest BCUT2D eigenvalue weighted by Gasteiger charge is -2.06. The summed E-state index contributed by atoms with van der Waals surface area (Å²) in [5.41, 5.74) is 5.41. The summed E-state index contributed by atoms with van der Waals surface area (Å²) in [6, 6.07) is 20.3. The van der Waals surface area contributed by atoms with E-state index >= 15 is 0 Å². The van der Waals surface area contributed by atoms with Gasteiger partial charge in [0.05, 0.1) is 12.8 Å². The molecular weight excluding hydrogens is 328 g/mol. The number of rotatable bonds is 4. The van der Waals surface area contributed by atoms with Gasteiger partial charge in [-0.15, -0.1) is 11.3 Å². The molecule has 0 aliphatic heterocycles. The van der Waals surface area contributed by atoms with Crippen molar-refractivity contribution >= 4 is 11.3 Å². The van der Waals surface area contributed by atoms with Crippen LogP contribution in [0.5, 0.6) is 5.75 Å². The largest absolute Gasteiger partial charge is 0.497 e. The van der Waals surface area contributed by atoms with Gasteiger partial charge in [-0.2, -0.15) is 0 Å². The third-order valence-corrected chi connectivity index (χ3v) is 4.90. The first-order valence-electron chi connectivity index (χ1n) is 7.95. The highest BCUT2D eigenvalue weighted by atomic mass is 32.1. The minimum atomic E-state index is 0.845. The summed E-state index contributed by atoms with van der Waals surface area (Å²) < 4.78 is 5.22. The van der Waals surface area contributed by atoms with Crippen molar-refractivity contribution in [3.8, 4) is 38.7 Å². The van der Waals surface area contributed by atoms with Crippen molar-refractivity contribution in [3.63, 3.8) is 0 Å². The summed E-state index contributed by atoms with van der Waals surface area (Å²) in [4.78, 5) is 9.13. The second-order valence-electron chi connectivity index (χ2n) is 5.55. The smallest absolute Gasteiger partial charge is 0.126 e. The molecule has 2 aromatic carbocycles. The Balaban J connectivity index is 1.73. The Morgan fingerprint density at radius 3 is 2.40 bits per heavy atom. The van der Waals surface area contributed by atoms with Crippen molar-refractivity contribution in [1.82, 2.24) is 9.97 Å². The second-order valence-corrected chi connectivity index (χ2v) is 6.41. The lowest BCUT2D eigenvalue weighted by Crippen LogP contribution is -1.87. The van der Waals surface area contributed by atoms with Crippen LogP contribution in [0.15, 0.2) is 78.4 Å². The van der Waals surface area contributed by atoms with Gasteiger partial charge in [-0.1, -0.05) is 30.3 Å². The normalized spacial score (nSPS) is 10.6. The van der Waals surface area contributed by atoms with Gasteiger partial charge in [0.15, 0.2) is 0 Å². The Kier molecular flexibility index (Phi) is 4.27. The summed E-state index contributed by atoms with van der Waals surface area (Å²) in [6.07, 6.45) is 3.71. The van der Waals surface area contributed by atoms with E-state index in [1.165, 1.54) is 5.56 Å². The Morgan fingerprint density at radius 1 is 0.840 bits per heavy atom. The van der Waals surface area contributed by atoms with Crippen molar-refractivity contribution in [1.29, 1.82) is 0 Å². The van der Waals surface area contributed by atoms with E-state index in [0.717, 1.165) is 33.1 Å². The molecule has 2 aromatic heterocycles. The highest BCUT2D eigenvalue weighted by Gasteiger charge is 2.12. The van der Waals surface area contributed by atoms with Crippen LogP contribution in [-0.2, 0) is 0 Å². The Hall–Kier alpha value is -2.98. The first-order valence-corrected chi connectivity index (χ1v) is 8.83. The highest BCUT2D eigenvalue weighted by Crippen LogP contribution is 2.35. The Morgan fingerprint density at radius 2 is 1.64 bits per heavy atom. The van der Waals surface area contributed by atoms with Gasteiger partial charge in [-0.05, 0) is 41.5 Å². The van der Waals surface area contributed by atoms with Crippen LogP contribution in [0.3, 0.4) is 0 Å². The number of ether oxygens (including phenoxy) is 1. The maximum Gasteiger partial charge on any atom is 0.126 e. The van der Waals surface area contributed by atoms with Crippen LogP contribution in [0.25, 0.3) is 33.0 Å². The van der Waals surface area contributed by atoms with E-state index in [9.17, 15) is 0 Å². The molecule has 0 amide bonds. The van der Waals surface area contributed by atoms with Crippen molar-refractivity contribution in [2.24, 2.45) is 0 Å². The van der Waals surface area contributed by atoms with E-state index < -0.39 is 0 Å². The molecular formula is C21H16N2OS. The number of thiazole rings is 1. The molecule has 25 heavy (non-hydrogen) atoms. The molecule has 3 nitrogen and oxygen atoms in total. The van der Waals surface area contributed by atoms with Gasteiger partial charge >= 0.3 is 0 Å². The lowest BCUT2D eigenvalue weighted by molar-refractivity contribution is 0.415. The molecule has 0 aliphatic rings. The number of methoxy groups -OCH3 is 1. The topological polar surface area (TPSA) is 35.0 Å². The van der Waals surface area contributed by atoms with Crippen LogP contribution < -0.4 is 4.74 Å². The van der Waals surface area contributed by atoms with Crippen LogP contribution in [0.2, 0.25) is 0 Å². The fourth-order valence-corrected chi connectivity index (χ4v) is 3.58. The van der Waals surface area contributed by atoms with E-state index in [-0.39, 0.29) is 0 Å². The zero-order valence-corrected chi connectivity index (χ0v) is 14.5. The molecule has 0 N–H and O–H groups in total. The van der Waals surface area contributed by atoms with Crippen molar-refractivity contribution in [2.75, 3.05) is 7.11 Å². The van der Waals surface area contributed by atoms with Gasteiger partial charge in [-0.3, -0.25) is 4.98 Å². The first kappa shape index (κ1) is 15.5. The van der Waals surface area contributed by atoms with Crippen LogP contribution in [-0.4, -0.2) is 17.1 Å². The molecule has 122 valence electrons. The minimum absolute atomic E-state index is 0.845. The molecule has 0 bridgehead atoms. The standard InChI is InChI=1S/C21H16N2OS/c1-24-17-9-7-16(8-10-17)20-14-25-21(23-20)19-13-22-12-11-18(19)15-5-3-2-4-6-15/h2-14H,1H3. The predicted molar refractivity (Wildman–Crippen MR) is 103 cm³/mol. The number of pyridine rings is 1. The zero-order chi connectivity index (χ0) is 17.1. The molecule has 0 spiro atoms. The third kappa shape index (κ3) is 3.16. The molecule has 0 saturated heterocycles. The fourth-order valence-electron chi connectivity index (χ4n) is 2.73. The maximum atomic E-state index is 5.22. The van der Waals surface area contributed by atoms with Crippen molar-refractivity contribution in [2.45, 2.75) is 0 Å². The van der Waals surface area contributed by atoms with Gasteiger partial charge < -0.3 is 4.74 Å². The van der Waals surface area contributed by atoms with Crippen molar-refractivity contribution < 1.29 is 4.74 Å². The van der Waals surface area contributed by atoms with Gasteiger partial charge in [0.1, 0.15) is 10.8 Å². The molecule has 2 heterocycles. The summed E-state index contributed by atoms with van der Waals surface area (Å²) in [5, 5.41) is 3.05. The Bertz CT molecular complexity index is 978. The van der Waals surface area contributed by atoms with Gasteiger partial charge in [-0.25, -0.2) is 4.98 Å². The second kappa shape index (κ2) is 6.87. The lowest BCUT2D eigenvalue weighted by atomic mass is 10.0. The average molecular weight is 344 g/mol. The van der Waals surface area contributed by atoms with Crippen molar-refractivity contribution in [3.05, 3.63) is 78.4 Å². The quantitative estimate of drug-likeness (QED) is 0.487. The summed E-state index contributed by atoms with van der Waals surface area (Å²) in [5.74, 6) is 0.845. The first-order chi connectivity index (χ1) is 12.3. The van der Waals surface area contributed by atoms with Gasteiger partial charge in [0, 0.05) is 28.9 Å². The molecule has 0 radical (unpaired) electrons. The molecule has 0 unspecified atom stereocenters. The van der Waals surface area contributed by atoms with E-state index in [1.807, 2.05) is 60.9 Å².